The van der Waals surface area contributed by atoms with E-state index in [1.54, 1.807) is 12.1 Å². The number of aliphatic carboxylic acids is 1. The van der Waals surface area contributed by atoms with Gasteiger partial charge in [-0.15, -0.1) is 0 Å². The van der Waals surface area contributed by atoms with Crippen molar-refractivity contribution in [2.24, 2.45) is 0 Å². The molecule has 3 aromatic rings. The molecule has 1 saturated carbocycles. The highest BCUT2D eigenvalue weighted by Gasteiger charge is 2.46. The maximum absolute atomic E-state index is 14.7. The Labute approximate surface area is 313 Å². The van der Waals surface area contributed by atoms with E-state index in [1.165, 1.54) is 17.0 Å². The predicted molar refractivity (Wildman–Crippen MR) is 193 cm³/mol. The van der Waals surface area contributed by atoms with Gasteiger partial charge in [0.2, 0.25) is 6.10 Å². The Hall–Kier alpha value is -4.30. The van der Waals surface area contributed by atoms with Crippen molar-refractivity contribution in [1.29, 1.82) is 0 Å². The van der Waals surface area contributed by atoms with Gasteiger partial charge in [0.05, 0.1) is 17.1 Å². The normalized spacial score (nSPS) is 19.4. The topological polar surface area (TPSA) is 146 Å². The molecule has 6 rings (SSSR count). The first-order valence-electron chi connectivity index (χ1n) is 17.0. The molecular weight excluding hydrogens is 761 g/mol. The highest BCUT2D eigenvalue weighted by Crippen LogP contribution is 2.38. The molecule has 2 heterocycles. The Morgan fingerprint density at radius 1 is 1.10 bits per heavy atom. The van der Waals surface area contributed by atoms with Crippen molar-refractivity contribution in [2.75, 3.05) is 19.7 Å². The first-order valence-corrected chi connectivity index (χ1v) is 18.2. The van der Waals surface area contributed by atoms with Crippen LogP contribution >= 0.6 is 27.5 Å². The van der Waals surface area contributed by atoms with Crippen LogP contribution in [0.25, 0.3) is 5.57 Å². The van der Waals surface area contributed by atoms with Gasteiger partial charge in [0.1, 0.15) is 11.6 Å². The van der Waals surface area contributed by atoms with Gasteiger partial charge in [-0.25, -0.2) is 9.18 Å². The number of nitrogens with zero attached hydrogens (tertiary/aromatic N) is 2. The molecule has 2 aliphatic heterocycles. The summed E-state index contributed by atoms with van der Waals surface area (Å²) in [6.45, 7) is 0.744. The van der Waals surface area contributed by atoms with Gasteiger partial charge in [-0.1, -0.05) is 54.1 Å². The molecule has 274 valence electrons. The number of hydrogen-bond acceptors (Lipinski definition) is 8. The first-order chi connectivity index (χ1) is 25.0. The maximum Gasteiger partial charge on any atom is 0.337 e. The zero-order valence-corrected chi connectivity index (χ0v) is 30.4. The molecule has 52 heavy (non-hydrogen) atoms. The zero-order valence-electron chi connectivity index (χ0n) is 28.1. The first kappa shape index (κ1) is 37.5. The third-order valence-corrected chi connectivity index (χ3v) is 10.6. The van der Waals surface area contributed by atoms with Crippen molar-refractivity contribution in [3.63, 3.8) is 0 Å². The summed E-state index contributed by atoms with van der Waals surface area (Å²) in [6, 6.07) is 18.7. The highest BCUT2D eigenvalue weighted by atomic mass is 79.9. The number of carboxylic acids is 1. The van der Waals surface area contributed by atoms with Crippen molar-refractivity contribution in [2.45, 2.75) is 69.0 Å². The number of aliphatic hydroxyl groups is 1. The van der Waals surface area contributed by atoms with Crippen LogP contribution in [0.5, 0.6) is 5.75 Å². The van der Waals surface area contributed by atoms with Gasteiger partial charge in [0.25, 0.3) is 18.3 Å². The molecule has 3 aliphatic rings. The molecule has 14 heteroatoms. The lowest BCUT2D eigenvalue weighted by atomic mass is 9.82. The Morgan fingerprint density at radius 2 is 1.85 bits per heavy atom. The van der Waals surface area contributed by atoms with Gasteiger partial charge in [-0.05, 0) is 88.5 Å². The number of aliphatic hydroxyl groups excluding tert-OH is 1. The van der Waals surface area contributed by atoms with Gasteiger partial charge in [-0.3, -0.25) is 14.4 Å². The van der Waals surface area contributed by atoms with E-state index in [0.29, 0.717) is 53.2 Å². The van der Waals surface area contributed by atoms with Crippen LogP contribution in [0, 0.1) is 5.82 Å². The van der Waals surface area contributed by atoms with Crippen LogP contribution in [-0.2, 0) is 36.9 Å². The van der Waals surface area contributed by atoms with Crippen molar-refractivity contribution in [1.82, 2.24) is 15.1 Å². The number of carbonyl (C=O) groups excluding carboxylic acids is 3. The monoisotopic (exact) mass is 797 g/mol. The highest BCUT2D eigenvalue weighted by molar-refractivity contribution is 9.10. The van der Waals surface area contributed by atoms with Crippen LogP contribution in [0.4, 0.5) is 4.39 Å². The zero-order chi connectivity index (χ0) is 36.9. The molecule has 4 atom stereocenters. The molecule has 11 nitrogen and oxygen atoms in total. The predicted octanol–water partition coefficient (Wildman–Crippen LogP) is 4.76. The van der Waals surface area contributed by atoms with E-state index in [9.17, 15) is 33.8 Å². The van der Waals surface area contributed by atoms with E-state index in [2.05, 4.69) is 21.2 Å². The SMILES string of the molecule is O=CO[C@H](C(=O)N1C[C@H]2CC(c3ccc(CCCOc4cc(F)ccc4Br)cc3)=C(C(=O)N(Cc3ccccc3Cl)C3CC3)[C@@H](C1)N2)C(O)C(=O)O. The number of nitrogens with one attached hydrogen (secondary N) is 1. The number of piperazine rings is 1. The smallest absolute Gasteiger partial charge is 0.337 e. The van der Waals surface area contributed by atoms with Crippen LogP contribution in [0.1, 0.15) is 42.4 Å². The molecular formula is C38H38BrClFN3O8. The summed E-state index contributed by atoms with van der Waals surface area (Å²) in [5, 5.41) is 23.6. The summed E-state index contributed by atoms with van der Waals surface area (Å²) < 4.78 is 24.8. The average molecular weight is 799 g/mol. The third kappa shape index (κ3) is 8.66. The quantitative estimate of drug-likeness (QED) is 0.147. The minimum Gasteiger partial charge on any atom is -0.492 e. The second kappa shape index (κ2) is 16.6. The lowest BCUT2D eigenvalue weighted by molar-refractivity contribution is -0.170. The van der Waals surface area contributed by atoms with E-state index in [0.717, 1.165) is 35.1 Å². The number of amides is 2. The minimum absolute atomic E-state index is 0.0188. The fourth-order valence-electron chi connectivity index (χ4n) is 6.82. The molecule has 3 N–H and O–H groups in total. The molecule has 2 amide bonds. The molecule has 2 fully saturated rings. The van der Waals surface area contributed by atoms with Crippen LogP contribution < -0.4 is 10.1 Å². The minimum atomic E-state index is -2.26. The van der Waals surface area contributed by atoms with Gasteiger partial charge < -0.3 is 34.8 Å². The Morgan fingerprint density at radius 3 is 2.54 bits per heavy atom. The summed E-state index contributed by atoms with van der Waals surface area (Å²) in [6.07, 6.45) is -0.727. The summed E-state index contributed by atoms with van der Waals surface area (Å²) >= 11 is 9.90. The Balaban J connectivity index is 1.27. The van der Waals surface area contributed by atoms with Crippen molar-refractivity contribution >= 4 is 57.4 Å². The van der Waals surface area contributed by atoms with E-state index in [4.69, 9.17) is 21.1 Å². The van der Waals surface area contributed by atoms with E-state index < -0.39 is 30.1 Å². The molecule has 0 spiro atoms. The summed E-state index contributed by atoms with van der Waals surface area (Å²) in [4.78, 5) is 54.1. The van der Waals surface area contributed by atoms with E-state index in [-0.39, 0.29) is 43.4 Å². The van der Waals surface area contributed by atoms with E-state index >= 15 is 0 Å². The number of hydrogen-bond donors (Lipinski definition) is 3. The number of halogens is 3. The molecule has 2 bridgehead atoms. The van der Waals surface area contributed by atoms with Gasteiger partial charge >= 0.3 is 5.97 Å². The molecule has 0 aromatic heterocycles. The molecule has 1 aliphatic carbocycles. The van der Waals surface area contributed by atoms with Crippen LogP contribution in [0.3, 0.4) is 0 Å². The average Bonchev–Trinajstić information content (AvgIpc) is 3.98. The van der Waals surface area contributed by atoms with Crippen LogP contribution in [0.2, 0.25) is 5.02 Å². The summed E-state index contributed by atoms with van der Waals surface area (Å²) in [7, 11) is 0. The van der Waals surface area contributed by atoms with Gasteiger partial charge in [0.15, 0.2) is 6.10 Å². The lowest BCUT2D eigenvalue weighted by Gasteiger charge is -2.45. The Kier molecular flexibility index (Phi) is 11.9. The second-order valence-corrected chi connectivity index (χ2v) is 14.4. The molecule has 0 radical (unpaired) electrons. The number of aryl methyl sites for hydroxylation is 1. The number of ether oxygens (including phenoxy) is 2. The van der Waals surface area contributed by atoms with Gasteiger partial charge in [-0.2, -0.15) is 0 Å². The lowest BCUT2D eigenvalue weighted by Crippen LogP contribution is -2.64. The molecule has 1 unspecified atom stereocenters. The largest absolute Gasteiger partial charge is 0.492 e. The standard InChI is InChI=1S/C38H38BrClFN3O8/c39-29-14-11-25(41)16-32(29)51-15-3-4-22-7-9-23(10-8-22)28-17-26-19-43(37(48)35(52-21-45)34(46)38(49)50)20-31(42-26)33(28)36(47)44(27-12-13-27)18-24-5-1-2-6-30(24)40/h1-2,5-11,14,16,21,26-27,31,34-35,42,46H,3-4,12-13,15,17-20H2,(H,49,50)/t26-,31-,34?,35+/m1/s1. The van der Waals surface area contributed by atoms with Crippen LogP contribution in [-0.4, -0.2) is 94.3 Å². The van der Waals surface area contributed by atoms with Crippen molar-refractivity contribution < 1.29 is 43.3 Å². The van der Waals surface area contributed by atoms with Crippen LogP contribution in [0.15, 0.2) is 76.8 Å². The fourth-order valence-corrected chi connectivity index (χ4v) is 7.38. The number of rotatable bonds is 15. The second-order valence-electron chi connectivity index (χ2n) is 13.2. The van der Waals surface area contributed by atoms with Crippen molar-refractivity contribution in [3.8, 4) is 5.75 Å². The fraction of sp³-hybridized carbons (Fsp3) is 0.368. The molecule has 1 saturated heterocycles. The van der Waals surface area contributed by atoms with Gasteiger partial charge in [0, 0.05) is 48.4 Å². The van der Waals surface area contributed by atoms with Crippen molar-refractivity contribution in [3.05, 3.63) is 104 Å². The number of fused-ring (bicyclic) bond motifs is 2. The van der Waals surface area contributed by atoms with E-state index in [1.807, 2.05) is 47.4 Å². The number of carbonyl (C=O) groups is 4. The maximum atomic E-state index is 14.7. The summed E-state index contributed by atoms with van der Waals surface area (Å²) in [5.74, 6) is -2.69. The number of benzene rings is 3. The summed E-state index contributed by atoms with van der Waals surface area (Å²) in [5.41, 5.74) is 4.05. The Bertz CT molecular complexity index is 1860. The molecule has 3 aromatic carbocycles. The third-order valence-electron chi connectivity index (χ3n) is 9.54. The number of carboxylic acid groups (broad SMARTS) is 1.